The molecule has 0 heterocycles. The summed E-state index contributed by atoms with van der Waals surface area (Å²) in [5.74, 6) is 0. The van der Waals surface area contributed by atoms with Gasteiger partial charge in [0.05, 0.1) is 16.3 Å². The van der Waals surface area contributed by atoms with E-state index in [9.17, 15) is 8.42 Å². The van der Waals surface area contributed by atoms with Crippen LogP contribution in [0.2, 0.25) is 0 Å². The van der Waals surface area contributed by atoms with Gasteiger partial charge in [-0.15, -0.1) is 0 Å². The van der Waals surface area contributed by atoms with Crippen molar-refractivity contribution in [3.8, 4) is 0 Å². The van der Waals surface area contributed by atoms with Crippen molar-refractivity contribution in [3.05, 3.63) is 48.0 Å². The number of nitrogens with two attached hydrogens (primary N) is 1. The number of sulfonamides is 1. The molecule has 0 saturated carbocycles. The topological polar surface area (TPSA) is 84.2 Å². The number of hydrogen-bond donors (Lipinski definition) is 3. The third kappa shape index (κ3) is 3.09. The first-order valence-corrected chi connectivity index (χ1v) is 7.57. The van der Waals surface area contributed by atoms with Gasteiger partial charge in [0.2, 0.25) is 10.0 Å². The maximum Gasteiger partial charge on any atom is 0.240 e. The third-order valence-corrected chi connectivity index (χ3v) is 4.31. The summed E-state index contributed by atoms with van der Waals surface area (Å²) >= 11 is 0. The molecule has 2 rings (SSSR count). The van der Waals surface area contributed by atoms with Crippen LogP contribution in [0.4, 0.5) is 17.1 Å². The molecule has 0 aromatic heterocycles. The fourth-order valence-electron chi connectivity index (χ4n) is 1.81. The quantitative estimate of drug-likeness (QED) is 0.754. The zero-order chi connectivity index (χ0) is 14.8. The Bertz CT molecular complexity index is 727. The van der Waals surface area contributed by atoms with Crippen LogP contribution in [0, 0.1) is 6.92 Å². The first-order valence-electron chi connectivity index (χ1n) is 6.09. The number of rotatable bonds is 4. The normalized spacial score (nSPS) is 11.3. The van der Waals surface area contributed by atoms with E-state index in [4.69, 9.17) is 5.73 Å². The average Bonchev–Trinajstić information content (AvgIpc) is 2.41. The third-order valence-electron chi connectivity index (χ3n) is 2.90. The van der Waals surface area contributed by atoms with Gasteiger partial charge in [-0.25, -0.2) is 13.1 Å². The number of benzene rings is 2. The van der Waals surface area contributed by atoms with E-state index in [0.29, 0.717) is 11.4 Å². The summed E-state index contributed by atoms with van der Waals surface area (Å²) in [6.07, 6.45) is 0. The zero-order valence-electron chi connectivity index (χ0n) is 11.3. The van der Waals surface area contributed by atoms with Crippen LogP contribution in [-0.4, -0.2) is 15.5 Å². The number of anilines is 3. The number of aryl methyl sites for hydroxylation is 1. The van der Waals surface area contributed by atoms with Gasteiger partial charge < -0.3 is 11.1 Å². The number of nitrogens with one attached hydrogen (secondary N) is 2. The van der Waals surface area contributed by atoms with Crippen molar-refractivity contribution in [2.45, 2.75) is 11.8 Å². The Balaban J connectivity index is 2.39. The maximum atomic E-state index is 11.8. The van der Waals surface area contributed by atoms with E-state index in [1.807, 2.05) is 31.2 Å². The van der Waals surface area contributed by atoms with Gasteiger partial charge in [0, 0.05) is 5.69 Å². The summed E-state index contributed by atoms with van der Waals surface area (Å²) in [4.78, 5) is 0.171. The van der Waals surface area contributed by atoms with Crippen LogP contribution in [0.5, 0.6) is 0 Å². The van der Waals surface area contributed by atoms with Gasteiger partial charge in [0.1, 0.15) is 0 Å². The molecule has 0 spiro atoms. The average molecular weight is 291 g/mol. The van der Waals surface area contributed by atoms with Crippen LogP contribution in [0.3, 0.4) is 0 Å². The smallest absolute Gasteiger partial charge is 0.240 e. The molecule has 0 aliphatic carbocycles. The maximum absolute atomic E-state index is 11.8. The molecule has 6 heteroatoms. The Morgan fingerprint density at radius 1 is 1.10 bits per heavy atom. The van der Waals surface area contributed by atoms with Crippen molar-refractivity contribution < 1.29 is 8.42 Å². The molecular formula is C14H17N3O2S. The molecule has 0 fully saturated rings. The molecule has 0 aliphatic rings. The molecule has 2 aromatic rings. The second kappa shape index (κ2) is 5.52. The van der Waals surface area contributed by atoms with Crippen molar-refractivity contribution in [1.29, 1.82) is 0 Å². The first kappa shape index (κ1) is 14.4. The van der Waals surface area contributed by atoms with Gasteiger partial charge in [0.15, 0.2) is 0 Å². The Labute approximate surface area is 118 Å². The van der Waals surface area contributed by atoms with Crippen LogP contribution in [0.1, 0.15) is 5.56 Å². The molecule has 0 amide bonds. The second-order valence-corrected chi connectivity index (χ2v) is 6.34. The Kier molecular flexibility index (Phi) is 3.96. The fraction of sp³-hybridized carbons (Fsp3) is 0.143. The summed E-state index contributed by atoms with van der Waals surface area (Å²) in [5, 5.41) is 3.13. The lowest BCUT2D eigenvalue weighted by molar-refractivity contribution is 0.588. The summed E-state index contributed by atoms with van der Waals surface area (Å²) in [7, 11) is -2.11. The largest absolute Gasteiger partial charge is 0.397 e. The molecule has 0 bridgehead atoms. The highest BCUT2D eigenvalue weighted by molar-refractivity contribution is 7.89. The molecule has 0 aliphatic heterocycles. The molecule has 20 heavy (non-hydrogen) atoms. The summed E-state index contributed by atoms with van der Waals surface area (Å²) < 4.78 is 25.9. The lowest BCUT2D eigenvalue weighted by Crippen LogP contribution is -2.18. The van der Waals surface area contributed by atoms with E-state index in [0.717, 1.165) is 11.3 Å². The molecule has 0 unspecified atom stereocenters. The van der Waals surface area contributed by atoms with Gasteiger partial charge in [0.25, 0.3) is 0 Å². The summed E-state index contributed by atoms with van der Waals surface area (Å²) in [5.41, 5.74) is 8.89. The molecule has 106 valence electrons. The first-order chi connectivity index (χ1) is 9.42. The highest BCUT2D eigenvalue weighted by atomic mass is 32.2. The van der Waals surface area contributed by atoms with E-state index in [-0.39, 0.29) is 4.90 Å². The fourth-order valence-corrected chi connectivity index (χ4v) is 2.56. The minimum Gasteiger partial charge on any atom is -0.397 e. The van der Waals surface area contributed by atoms with Crippen LogP contribution in [-0.2, 0) is 10.0 Å². The highest BCUT2D eigenvalue weighted by Crippen LogP contribution is 2.26. The molecule has 0 saturated heterocycles. The molecule has 0 atom stereocenters. The SMILES string of the molecule is CNS(=O)(=O)c1ccc(N)c(Nc2cccc(C)c2)c1. The highest BCUT2D eigenvalue weighted by Gasteiger charge is 2.13. The van der Waals surface area contributed by atoms with Crippen molar-refractivity contribution in [1.82, 2.24) is 4.72 Å². The van der Waals surface area contributed by atoms with E-state index in [2.05, 4.69) is 10.0 Å². The summed E-state index contributed by atoms with van der Waals surface area (Å²) in [6.45, 7) is 1.98. The van der Waals surface area contributed by atoms with Crippen LogP contribution >= 0.6 is 0 Å². The lowest BCUT2D eigenvalue weighted by atomic mass is 10.2. The van der Waals surface area contributed by atoms with E-state index >= 15 is 0 Å². The van der Waals surface area contributed by atoms with E-state index in [1.165, 1.54) is 19.2 Å². The molecule has 5 nitrogen and oxygen atoms in total. The predicted molar refractivity (Wildman–Crippen MR) is 81.6 cm³/mol. The Morgan fingerprint density at radius 2 is 1.85 bits per heavy atom. The van der Waals surface area contributed by atoms with Crippen molar-refractivity contribution in [2.75, 3.05) is 18.1 Å². The van der Waals surface area contributed by atoms with Gasteiger partial charge in [-0.1, -0.05) is 12.1 Å². The van der Waals surface area contributed by atoms with Crippen molar-refractivity contribution >= 4 is 27.1 Å². The minimum atomic E-state index is -3.48. The Hall–Kier alpha value is -2.05. The molecule has 0 radical (unpaired) electrons. The zero-order valence-corrected chi connectivity index (χ0v) is 12.2. The van der Waals surface area contributed by atoms with Gasteiger partial charge in [-0.05, 0) is 49.9 Å². The van der Waals surface area contributed by atoms with Crippen LogP contribution in [0.25, 0.3) is 0 Å². The van der Waals surface area contributed by atoms with Gasteiger partial charge >= 0.3 is 0 Å². The van der Waals surface area contributed by atoms with E-state index in [1.54, 1.807) is 6.07 Å². The number of nitrogen functional groups attached to an aromatic ring is 1. The molecule has 4 N–H and O–H groups in total. The Morgan fingerprint density at radius 3 is 2.50 bits per heavy atom. The van der Waals surface area contributed by atoms with Gasteiger partial charge in [-0.2, -0.15) is 0 Å². The van der Waals surface area contributed by atoms with Crippen LogP contribution in [0.15, 0.2) is 47.4 Å². The standard InChI is InChI=1S/C14H17N3O2S/c1-10-4-3-5-11(8-10)17-14-9-12(6-7-13(14)15)20(18,19)16-2/h3-9,16-17H,15H2,1-2H3. The molecule has 2 aromatic carbocycles. The van der Waals surface area contributed by atoms with Crippen molar-refractivity contribution in [3.63, 3.8) is 0 Å². The van der Waals surface area contributed by atoms with Crippen LogP contribution < -0.4 is 15.8 Å². The molecular weight excluding hydrogens is 274 g/mol. The van der Waals surface area contributed by atoms with Crippen molar-refractivity contribution in [2.24, 2.45) is 0 Å². The second-order valence-electron chi connectivity index (χ2n) is 4.45. The summed E-state index contributed by atoms with van der Waals surface area (Å²) in [6, 6.07) is 12.3. The van der Waals surface area contributed by atoms with E-state index < -0.39 is 10.0 Å². The number of hydrogen-bond acceptors (Lipinski definition) is 4. The monoisotopic (exact) mass is 291 g/mol. The van der Waals surface area contributed by atoms with Gasteiger partial charge in [-0.3, -0.25) is 0 Å². The predicted octanol–water partition coefficient (Wildman–Crippen LogP) is 2.23. The minimum absolute atomic E-state index is 0.171. The lowest BCUT2D eigenvalue weighted by Gasteiger charge is -2.12.